The van der Waals surface area contributed by atoms with Gasteiger partial charge in [-0.3, -0.25) is 4.68 Å². The van der Waals surface area contributed by atoms with Gasteiger partial charge in [0.1, 0.15) is 0 Å². The van der Waals surface area contributed by atoms with Gasteiger partial charge in [0.25, 0.3) is 0 Å². The summed E-state index contributed by atoms with van der Waals surface area (Å²) in [6.07, 6.45) is 1.75. The van der Waals surface area contributed by atoms with Crippen molar-refractivity contribution in [1.82, 2.24) is 9.78 Å². The van der Waals surface area contributed by atoms with E-state index in [9.17, 15) is 0 Å². The van der Waals surface area contributed by atoms with Crippen molar-refractivity contribution in [3.05, 3.63) is 16.4 Å². The molecule has 0 aliphatic heterocycles. The summed E-state index contributed by atoms with van der Waals surface area (Å²) in [5.41, 5.74) is 8.08. The lowest BCUT2D eigenvalue weighted by molar-refractivity contribution is 0.222. The number of aryl methyl sites for hydroxylation is 2. The minimum absolute atomic E-state index is 0.0719. The smallest absolute Gasteiger partial charge is 0.0849 e. The van der Waals surface area contributed by atoms with Gasteiger partial charge >= 0.3 is 0 Å². The average Bonchev–Trinajstić information content (AvgIpc) is 2.55. The zero-order valence-electron chi connectivity index (χ0n) is 11.5. The number of nitrogens with zero attached hydrogens (tertiary/aromatic N) is 2. The molecule has 0 aromatic carbocycles. The van der Waals surface area contributed by atoms with Crippen molar-refractivity contribution in [3.8, 4) is 0 Å². The summed E-state index contributed by atoms with van der Waals surface area (Å²) >= 11 is 6.37. The third-order valence-corrected chi connectivity index (χ3v) is 4.37. The molecule has 1 heterocycles. The van der Waals surface area contributed by atoms with Crippen LogP contribution in [0.2, 0.25) is 5.02 Å². The van der Waals surface area contributed by atoms with E-state index in [-0.39, 0.29) is 5.41 Å². The Morgan fingerprint density at radius 3 is 2.41 bits per heavy atom. The van der Waals surface area contributed by atoms with Gasteiger partial charge in [0.2, 0.25) is 0 Å². The maximum atomic E-state index is 6.37. The third-order valence-electron chi connectivity index (χ3n) is 3.93. The van der Waals surface area contributed by atoms with Crippen molar-refractivity contribution in [2.24, 2.45) is 24.1 Å². The fraction of sp³-hybridized carbons (Fsp3) is 0.769. The number of halogens is 1. The Morgan fingerprint density at radius 2 is 2.06 bits per heavy atom. The second-order valence-electron chi connectivity index (χ2n) is 5.37. The molecule has 0 spiro atoms. The summed E-state index contributed by atoms with van der Waals surface area (Å²) in [6.45, 7) is 9.36. The van der Waals surface area contributed by atoms with Gasteiger partial charge in [0.15, 0.2) is 0 Å². The summed E-state index contributed by atoms with van der Waals surface area (Å²) in [5, 5.41) is 5.27. The predicted molar refractivity (Wildman–Crippen MR) is 73.3 cm³/mol. The molecule has 0 amide bonds. The molecular weight excluding hydrogens is 234 g/mol. The average molecular weight is 258 g/mol. The standard InChI is InChI=1S/C13H24ClN3/c1-6-10-12(14)11(17(5)16-10)7-13(4,8-15)9(2)3/h9H,6-8,15H2,1-5H3. The molecule has 0 aliphatic rings. The lowest BCUT2D eigenvalue weighted by Gasteiger charge is -2.32. The Hall–Kier alpha value is -0.540. The Bertz CT molecular complexity index is 384. The van der Waals surface area contributed by atoms with Crippen molar-refractivity contribution in [2.45, 2.75) is 40.5 Å². The molecule has 0 bridgehead atoms. The molecule has 1 unspecified atom stereocenters. The minimum atomic E-state index is 0.0719. The molecular formula is C13H24ClN3. The van der Waals surface area contributed by atoms with E-state index in [0.29, 0.717) is 12.5 Å². The largest absolute Gasteiger partial charge is 0.330 e. The monoisotopic (exact) mass is 257 g/mol. The van der Waals surface area contributed by atoms with E-state index in [1.54, 1.807) is 0 Å². The van der Waals surface area contributed by atoms with Gasteiger partial charge in [-0.2, -0.15) is 5.10 Å². The van der Waals surface area contributed by atoms with Gasteiger partial charge in [-0.1, -0.05) is 39.3 Å². The molecule has 1 atom stereocenters. The first-order chi connectivity index (χ1) is 7.85. The van der Waals surface area contributed by atoms with Gasteiger partial charge in [0.05, 0.1) is 16.4 Å². The van der Waals surface area contributed by atoms with Crippen LogP contribution in [0.4, 0.5) is 0 Å². The number of aromatic nitrogens is 2. The van der Waals surface area contributed by atoms with Crippen molar-refractivity contribution in [1.29, 1.82) is 0 Å². The lowest BCUT2D eigenvalue weighted by atomic mass is 9.75. The Kier molecular flexibility index (Phi) is 4.62. The Labute approximate surface area is 109 Å². The SMILES string of the molecule is CCc1nn(C)c(CC(C)(CN)C(C)C)c1Cl. The van der Waals surface area contributed by atoms with Crippen LogP contribution in [0.3, 0.4) is 0 Å². The van der Waals surface area contributed by atoms with E-state index in [2.05, 4.69) is 32.8 Å². The fourth-order valence-electron chi connectivity index (χ4n) is 1.91. The van der Waals surface area contributed by atoms with Crippen molar-refractivity contribution < 1.29 is 0 Å². The molecule has 0 radical (unpaired) electrons. The molecule has 0 saturated carbocycles. The first-order valence-corrected chi connectivity index (χ1v) is 6.63. The quantitative estimate of drug-likeness (QED) is 0.882. The number of hydrogen-bond donors (Lipinski definition) is 1. The highest BCUT2D eigenvalue weighted by Crippen LogP contribution is 2.33. The highest BCUT2D eigenvalue weighted by atomic mass is 35.5. The van der Waals surface area contributed by atoms with Gasteiger partial charge in [-0.15, -0.1) is 0 Å². The van der Waals surface area contributed by atoms with E-state index in [4.69, 9.17) is 17.3 Å². The zero-order valence-corrected chi connectivity index (χ0v) is 12.3. The van der Waals surface area contributed by atoms with Crippen molar-refractivity contribution in [2.75, 3.05) is 6.54 Å². The second-order valence-corrected chi connectivity index (χ2v) is 5.75. The van der Waals surface area contributed by atoms with Gasteiger partial charge in [0, 0.05) is 7.05 Å². The van der Waals surface area contributed by atoms with Crippen LogP contribution in [-0.4, -0.2) is 16.3 Å². The summed E-state index contributed by atoms with van der Waals surface area (Å²) in [6, 6.07) is 0. The molecule has 3 nitrogen and oxygen atoms in total. The highest BCUT2D eigenvalue weighted by molar-refractivity contribution is 6.31. The molecule has 2 N–H and O–H groups in total. The summed E-state index contributed by atoms with van der Waals surface area (Å²) in [4.78, 5) is 0. The van der Waals surface area contributed by atoms with Crippen LogP contribution in [0.1, 0.15) is 39.1 Å². The van der Waals surface area contributed by atoms with Crippen LogP contribution >= 0.6 is 11.6 Å². The first kappa shape index (κ1) is 14.5. The van der Waals surface area contributed by atoms with E-state index >= 15 is 0 Å². The van der Waals surface area contributed by atoms with Crippen LogP contribution in [0, 0.1) is 11.3 Å². The van der Waals surface area contributed by atoms with Gasteiger partial charge in [-0.25, -0.2) is 0 Å². The van der Waals surface area contributed by atoms with Crippen LogP contribution < -0.4 is 5.73 Å². The molecule has 0 fully saturated rings. The molecule has 0 saturated heterocycles. The molecule has 17 heavy (non-hydrogen) atoms. The first-order valence-electron chi connectivity index (χ1n) is 6.26. The maximum absolute atomic E-state index is 6.37. The van der Waals surface area contributed by atoms with E-state index in [1.807, 2.05) is 11.7 Å². The summed E-state index contributed by atoms with van der Waals surface area (Å²) < 4.78 is 1.90. The molecule has 1 rings (SSSR count). The molecule has 98 valence electrons. The minimum Gasteiger partial charge on any atom is -0.330 e. The Morgan fingerprint density at radius 1 is 1.47 bits per heavy atom. The van der Waals surface area contributed by atoms with Crippen LogP contribution in [0.15, 0.2) is 0 Å². The van der Waals surface area contributed by atoms with Crippen molar-refractivity contribution in [3.63, 3.8) is 0 Å². The maximum Gasteiger partial charge on any atom is 0.0849 e. The Balaban J connectivity index is 3.06. The lowest BCUT2D eigenvalue weighted by Crippen LogP contribution is -2.35. The normalized spacial score (nSPS) is 15.3. The van der Waals surface area contributed by atoms with E-state index in [0.717, 1.165) is 29.3 Å². The summed E-state index contributed by atoms with van der Waals surface area (Å²) in [5.74, 6) is 0.517. The highest BCUT2D eigenvalue weighted by Gasteiger charge is 2.30. The summed E-state index contributed by atoms with van der Waals surface area (Å²) in [7, 11) is 1.96. The van der Waals surface area contributed by atoms with Crippen molar-refractivity contribution >= 4 is 11.6 Å². The number of rotatable bonds is 5. The van der Waals surface area contributed by atoms with E-state index < -0.39 is 0 Å². The zero-order chi connectivity index (χ0) is 13.2. The molecule has 0 aliphatic carbocycles. The topological polar surface area (TPSA) is 43.8 Å². The molecule has 1 aromatic heterocycles. The number of hydrogen-bond acceptors (Lipinski definition) is 2. The van der Waals surface area contributed by atoms with E-state index in [1.165, 1.54) is 0 Å². The molecule has 1 aromatic rings. The molecule has 4 heteroatoms. The van der Waals surface area contributed by atoms with Gasteiger partial charge in [-0.05, 0) is 30.7 Å². The predicted octanol–water partition coefficient (Wildman–Crippen LogP) is 2.80. The third kappa shape index (κ3) is 2.83. The fourth-order valence-corrected chi connectivity index (χ4v) is 2.27. The van der Waals surface area contributed by atoms with Crippen LogP contribution in [0.25, 0.3) is 0 Å². The number of nitrogens with two attached hydrogens (primary N) is 1. The van der Waals surface area contributed by atoms with Crippen LogP contribution in [-0.2, 0) is 19.9 Å². The van der Waals surface area contributed by atoms with Crippen LogP contribution in [0.5, 0.6) is 0 Å². The van der Waals surface area contributed by atoms with Gasteiger partial charge < -0.3 is 5.73 Å². The second kappa shape index (κ2) is 5.40.